The van der Waals surface area contributed by atoms with E-state index in [1.165, 1.54) is 19.3 Å². The fourth-order valence-corrected chi connectivity index (χ4v) is 3.76. The zero-order valence-electron chi connectivity index (χ0n) is 15.6. The van der Waals surface area contributed by atoms with Gasteiger partial charge in [-0.1, -0.05) is 5.21 Å². The van der Waals surface area contributed by atoms with E-state index >= 15 is 0 Å². The van der Waals surface area contributed by atoms with Crippen LogP contribution in [0, 0.1) is 0 Å². The molecule has 2 aromatic heterocycles. The van der Waals surface area contributed by atoms with E-state index in [9.17, 15) is 0 Å². The van der Waals surface area contributed by atoms with Crippen molar-refractivity contribution in [3.8, 4) is 0 Å². The summed E-state index contributed by atoms with van der Waals surface area (Å²) in [5.41, 5.74) is 1.06. The van der Waals surface area contributed by atoms with Crippen molar-refractivity contribution in [3.05, 3.63) is 24.0 Å². The van der Waals surface area contributed by atoms with Crippen LogP contribution in [0.2, 0.25) is 0 Å². The molecule has 8 heteroatoms. The highest BCUT2D eigenvalue weighted by molar-refractivity contribution is 5.45. The maximum atomic E-state index is 4.49. The lowest BCUT2D eigenvalue weighted by Gasteiger charge is -2.35. The van der Waals surface area contributed by atoms with Gasteiger partial charge in [0.15, 0.2) is 11.6 Å². The Bertz CT molecular complexity index is 683. The molecule has 4 rings (SSSR count). The third kappa shape index (κ3) is 4.12. The fourth-order valence-electron chi connectivity index (χ4n) is 3.76. The van der Waals surface area contributed by atoms with E-state index < -0.39 is 0 Å². The summed E-state index contributed by atoms with van der Waals surface area (Å²) >= 11 is 0. The van der Waals surface area contributed by atoms with Crippen molar-refractivity contribution in [2.75, 3.05) is 55.6 Å². The van der Waals surface area contributed by atoms with Crippen LogP contribution in [0.4, 0.5) is 11.6 Å². The number of aromatic nitrogens is 5. The minimum atomic E-state index is 0.957. The molecule has 0 aliphatic carbocycles. The summed E-state index contributed by atoms with van der Waals surface area (Å²) in [5.74, 6) is 2.02. The van der Waals surface area contributed by atoms with Crippen LogP contribution in [-0.2, 0) is 13.5 Å². The number of piperazine rings is 1. The molecule has 0 atom stereocenters. The minimum absolute atomic E-state index is 0.957. The fraction of sp³-hybridized carbons (Fsp3) is 0.667. The molecule has 2 saturated heterocycles. The van der Waals surface area contributed by atoms with Gasteiger partial charge in [0.05, 0.1) is 5.69 Å². The second-order valence-electron chi connectivity index (χ2n) is 7.26. The molecule has 2 fully saturated rings. The second kappa shape index (κ2) is 7.99. The molecule has 26 heavy (non-hydrogen) atoms. The Morgan fingerprint density at radius 1 is 0.808 bits per heavy atom. The molecule has 2 aliphatic heterocycles. The number of hydrogen-bond donors (Lipinski definition) is 0. The lowest BCUT2D eigenvalue weighted by molar-refractivity contribution is 0.259. The van der Waals surface area contributed by atoms with E-state index in [4.69, 9.17) is 0 Å². The van der Waals surface area contributed by atoms with Gasteiger partial charge in [0, 0.05) is 65.5 Å². The Balaban J connectivity index is 1.26. The number of hydrogen-bond acceptors (Lipinski definition) is 7. The highest BCUT2D eigenvalue weighted by Crippen LogP contribution is 2.19. The molecule has 140 valence electrons. The molecule has 0 aromatic carbocycles. The van der Waals surface area contributed by atoms with Crippen molar-refractivity contribution < 1.29 is 0 Å². The highest BCUT2D eigenvalue weighted by Gasteiger charge is 2.19. The molecule has 2 aromatic rings. The van der Waals surface area contributed by atoms with E-state index in [-0.39, 0.29) is 0 Å². The van der Waals surface area contributed by atoms with Crippen LogP contribution < -0.4 is 9.80 Å². The van der Waals surface area contributed by atoms with Crippen LogP contribution in [0.25, 0.3) is 0 Å². The second-order valence-corrected chi connectivity index (χ2v) is 7.26. The predicted octanol–water partition coefficient (Wildman–Crippen LogP) is 0.960. The minimum Gasteiger partial charge on any atom is -0.355 e. The van der Waals surface area contributed by atoms with Crippen LogP contribution in [0.3, 0.4) is 0 Å². The summed E-state index contributed by atoms with van der Waals surface area (Å²) in [6.45, 7) is 7.35. The van der Waals surface area contributed by atoms with E-state index in [0.29, 0.717) is 0 Å². The van der Waals surface area contributed by atoms with Gasteiger partial charge in [-0.05, 0) is 31.4 Å². The van der Waals surface area contributed by atoms with Crippen molar-refractivity contribution >= 4 is 11.6 Å². The van der Waals surface area contributed by atoms with Gasteiger partial charge in [0.25, 0.3) is 0 Å². The normalized spacial score (nSPS) is 19.1. The first-order valence-corrected chi connectivity index (χ1v) is 9.69. The lowest BCUT2D eigenvalue weighted by atomic mass is 10.1. The Morgan fingerprint density at radius 3 is 2.04 bits per heavy atom. The molecular weight excluding hydrogens is 328 g/mol. The van der Waals surface area contributed by atoms with Crippen molar-refractivity contribution in [2.24, 2.45) is 7.05 Å². The lowest BCUT2D eigenvalue weighted by Crippen LogP contribution is -2.47. The Labute approximate surface area is 154 Å². The molecule has 4 heterocycles. The molecule has 8 nitrogen and oxygen atoms in total. The molecule has 2 aliphatic rings. The van der Waals surface area contributed by atoms with Crippen molar-refractivity contribution in [2.45, 2.75) is 25.7 Å². The van der Waals surface area contributed by atoms with Crippen molar-refractivity contribution in [3.63, 3.8) is 0 Å². The van der Waals surface area contributed by atoms with Gasteiger partial charge in [-0.15, -0.1) is 15.3 Å². The Morgan fingerprint density at radius 2 is 1.46 bits per heavy atom. The molecule has 0 radical (unpaired) electrons. The Hall–Kier alpha value is -2.22. The average Bonchev–Trinajstić information content (AvgIpc) is 3.13. The molecule has 0 N–H and O–H groups in total. The van der Waals surface area contributed by atoms with Gasteiger partial charge in [-0.2, -0.15) is 0 Å². The van der Waals surface area contributed by atoms with Gasteiger partial charge < -0.3 is 9.80 Å². The predicted molar refractivity (Wildman–Crippen MR) is 101 cm³/mol. The molecular formula is C18H28N8. The summed E-state index contributed by atoms with van der Waals surface area (Å²) in [7, 11) is 1.91. The van der Waals surface area contributed by atoms with Gasteiger partial charge >= 0.3 is 0 Å². The zero-order chi connectivity index (χ0) is 17.8. The third-order valence-electron chi connectivity index (χ3n) is 5.35. The highest BCUT2D eigenvalue weighted by atomic mass is 15.4. The van der Waals surface area contributed by atoms with E-state index in [1.807, 2.05) is 13.2 Å². The first kappa shape index (κ1) is 17.2. The number of anilines is 2. The Kier molecular flexibility index (Phi) is 5.29. The number of aryl methyl sites for hydroxylation is 1. The van der Waals surface area contributed by atoms with Gasteiger partial charge in [-0.25, -0.2) is 0 Å². The third-order valence-corrected chi connectivity index (χ3v) is 5.35. The van der Waals surface area contributed by atoms with E-state index in [0.717, 1.165) is 69.6 Å². The summed E-state index contributed by atoms with van der Waals surface area (Å²) in [5, 5.41) is 17.1. The maximum absolute atomic E-state index is 4.49. The molecule has 0 unspecified atom stereocenters. The van der Waals surface area contributed by atoms with Crippen molar-refractivity contribution in [1.29, 1.82) is 0 Å². The largest absolute Gasteiger partial charge is 0.355 e. The molecule has 0 spiro atoms. The molecule has 0 saturated carbocycles. The zero-order valence-corrected chi connectivity index (χ0v) is 15.6. The van der Waals surface area contributed by atoms with Gasteiger partial charge in [0.1, 0.15) is 0 Å². The van der Waals surface area contributed by atoms with Crippen molar-refractivity contribution in [1.82, 2.24) is 30.1 Å². The van der Waals surface area contributed by atoms with E-state index in [2.05, 4.69) is 47.3 Å². The number of piperidine rings is 1. The maximum Gasteiger partial charge on any atom is 0.151 e. The number of nitrogens with zero attached hydrogens (tertiary/aromatic N) is 8. The first-order chi connectivity index (χ1) is 12.8. The monoisotopic (exact) mass is 356 g/mol. The molecule has 0 amide bonds. The van der Waals surface area contributed by atoms with Crippen LogP contribution in [0.1, 0.15) is 25.0 Å². The van der Waals surface area contributed by atoms with Gasteiger partial charge in [-0.3, -0.25) is 9.58 Å². The number of rotatable bonds is 5. The van der Waals surface area contributed by atoms with Crippen LogP contribution >= 0.6 is 0 Å². The quantitative estimate of drug-likeness (QED) is 0.790. The average molecular weight is 356 g/mol. The molecule has 0 bridgehead atoms. The SMILES string of the molecule is Cn1cc(CCN2CCN(c3ccc(N4CCCCC4)nn3)CC2)nn1. The van der Waals surface area contributed by atoms with E-state index in [1.54, 1.807) is 4.68 Å². The van der Waals surface area contributed by atoms with Crippen LogP contribution in [-0.4, -0.2) is 75.9 Å². The summed E-state index contributed by atoms with van der Waals surface area (Å²) < 4.78 is 1.76. The van der Waals surface area contributed by atoms with Gasteiger partial charge in [0.2, 0.25) is 0 Å². The summed E-state index contributed by atoms with van der Waals surface area (Å²) in [6.07, 6.45) is 6.82. The van der Waals surface area contributed by atoms with Crippen LogP contribution in [0.5, 0.6) is 0 Å². The standard InChI is InChI=1S/C18H28N8/c1-23-15-16(19-22-23)7-10-24-11-13-26(14-12-24)18-6-5-17(20-21-18)25-8-3-2-4-9-25/h5-6,15H,2-4,7-14H2,1H3. The summed E-state index contributed by atoms with van der Waals surface area (Å²) in [4.78, 5) is 7.18. The smallest absolute Gasteiger partial charge is 0.151 e. The summed E-state index contributed by atoms with van der Waals surface area (Å²) in [6, 6.07) is 4.26. The van der Waals surface area contributed by atoms with Crippen LogP contribution in [0.15, 0.2) is 18.3 Å². The first-order valence-electron chi connectivity index (χ1n) is 9.69. The topological polar surface area (TPSA) is 66.2 Å².